The van der Waals surface area contributed by atoms with E-state index in [1.54, 1.807) is 17.2 Å². The van der Waals surface area contributed by atoms with E-state index in [1.165, 1.54) is 5.56 Å². The van der Waals surface area contributed by atoms with Gasteiger partial charge in [0, 0.05) is 52.9 Å². The number of guanidine groups is 1. The number of fused-ring (bicyclic) bond motifs is 1. The Kier molecular flexibility index (Phi) is 9.03. The minimum Gasteiger partial charge on any atom is -0.367 e. The molecule has 4 rings (SSSR count). The van der Waals surface area contributed by atoms with Crippen LogP contribution < -0.4 is 10.6 Å². The predicted octanol–water partition coefficient (Wildman–Crippen LogP) is 2.18. The third kappa shape index (κ3) is 6.06. The van der Waals surface area contributed by atoms with Crippen LogP contribution in [-0.4, -0.2) is 81.3 Å². The third-order valence-corrected chi connectivity index (χ3v) is 5.45. The molecule has 3 heterocycles. The average Bonchev–Trinajstić information content (AvgIpc) is 3.19. The molecule has 1 saturated heterocycles. The fourth-order valence-electron chi connectivity index (χ4n) is 3.82. The Morgan fingerprint density at radius 1 is 1.09 bits per heavy atom. The van der Waals surface area contributed by atoms with E-state index in [0.29, 0.717) is 13.1 Å². The van der Waals surface area contributed by atoms with Crippen LogP contribution in [0.5, 0.6) is 0 Å². The molecule has 0 unspecified atom stereocenters. The molecule has 1 aliphatic rings. The molecule has 0 bridgehead atoms. The lowest BCUT2D eigenvalue weighted by atomic mass is 10.2. The van der Waals surface area contributed by atoms with Gasteiger partial charge in [0.25, 0.3) is 0 Å². The molecule has 0 saturated carbocycles. The van der Waals surface area contributed by atoms with Gasteiger partial charge in [0.2, 0.25) is 0 Å². The van der Waals surface area contributed by atoms with Crippen LogP contribution in [0.4, 0.5) is 5.82 Å². The summed E-state index contributed by atoms with van der Waals surface area (Å²) >= 11 is 0. The van der Waals surface area contributed by atoms with Gasteiger partial charge < -0.3 is 15.5 Å². The minimum absolute atomic E-state index is 0. The number of anilines is 1. The van der Waals surface area contributed by atoms with Crippen LogP contribution in [0.3, 0.4) is 0 Å². The van der Waals surface area contributed by atoms with Gasteiger partial charge in [0.1, 0.15) is 12.1 Å². The maximum atomic E-state index is 4.83. The highest BCUT2D eigenvalue weighted by Crippen LogP contribution is 2.17. The monoisotopic (exact) mass is 549 g/mol. The molecule has 3 aromatic rings. The van der Waals surface area contributed by atoms with Crippen LogP contribution in [0.15, 0.2) is 47.8 Å². The maximum absolute atomic E-state index is 4.83. The van der Waals surface area contributed by atoms with Gasteiger partial charge in [-0.3, -0.25) is 14.6 Å². The van der Waals surface area contributed by atoms with Gasteiger partial charge >= 0.3 is 0 Å². The Bertz CT molecular complexity index is 997. The molecule has 1 fully saturated rings. The summed E-state index contributed by atoms with van der Waals surface area (Å²) in [5.41, 5.74) is 2.19. The molecule has 32 heavy (non-hydrogen) atoms. The number of hydrogen-bond donors (Lipinski definition) is 2. The standard InChI is InChI=1S/C22H31N9.HI/c1-3-23-22(31-13-11-30(12-14-31)16-18-7-5-4-6-8-18)25-10-9-24-20-19-15-28-29(2)21(19)27-17-26-20;/h4-8,15,17H,3,9-14,16H2,1-2H3,(H,23,25)(H,24,26,27);1H. The van der Waals surface area contributed by atoms with Crippen molar-refractivity contribution in [2.75, 3.05) is 51.1 Å². The fraction of sp³-hybridized carbons (Fsp3) is 0.455. The normalized spacial score (nSPS) is 14.9. The summed E-state index contributed by atoms with van der Waals surface area (Å²) in [4.78, 5) is 18.3. The summed E-state index contributed by atoms with van der Waals surface area (Å²) in [5.74, 6) is 1.78. The molecule has 1 aliphatic heterocycles. The van der Waals surface area contributed by atoms with Gasteiger partial charge in [-0.25, -0.2) is 9.97 Å². The van der Waals surface area contributed by atoms with Crippen molar-refractivity contribution in [1.82, 2.24) is 34.9 Å². The van der Waals surface area contributed by atoms with Gasteiger partial charge in [-0.05, 0) is 12.5 Å². The van der Waals surface area contributed by atoms with E-state index in [2.05, 4.69) is 72.8 Å². The molecule has 0 atom stereocenters. The van der Waals surface area contributed by atoms with Crippen LogP contribution in [0.2, 0.25) is 0 Å². The molecular weight excluding hydrogens is 517 g/mol. The van der Waals surface area contributed by atoms with Crippen molar-refractivity contribution in [2.24, 2.45) is 12.0 Å². The number of benzene rings is 1. The van der Waals surface area contributed by atoms with Gasteiger partial charge in [-0.15, -0.1) is 24.0 Å². The first-order chi connectivity index (χ1) is 15.2. The number of hydrogen-bond acceptors (Lipinski definition) is 6. The zero-order valence-corrected chi connectivity index (χ0v) is 21.1. The van der Waals surface area contributed by atoms with Gasteiger partial charge in [-0.1, -0.05) is 30.3 Å². The molecule has 9 nitrogen and oxygen atoms in total. The summed E-state index contributed by atoms with van der Waals surface area (Å²) in [5, 5.41) is 12.0. The highest BCUT2D eigenvalue weighted by Gasteiger charge is 2.19. The zero-order chi connectivity index (χ0) is 21.5. The number of halogens is 1. The summed E-state index contributed by atoms with van der Waals surface area (Å²) in [6, 6.07) is 10.7. The molecular formula is C22H32IN9. The number of rotatable bonds is 7. The zero-order valence-electron chi connectivity index (χ0n) is 18.7. The molecule has 0 spiro atoms. The van der Waals surface area contributed by atoms with Crippen molar-refractivity contribution < 1.29 is 0 Å². The number of aliphatic imine (C=N–C) groups is 1. The predicted molar refractivity (Wildman–Crippen MR) is 139 cm³/mol. The molecule has 172 valence electrons. The van der Waals surface area contributed by atoms with E-state index in [4.69, 9.17) is 4.99 Å². The van der Waals surface area contributed by atoms with Gasteiger partial charge in [0.05, 0.1) is 18.1 Å². The number of nitrogens with zero attached hydrogens (tertiary/aromatic N) is 7. The summed E-state index contributed by atoms with van der Waals surface area (Å²) < 4.78 is 1.75. The van der Waals surface area contributed by atoms with Crippen molar-refractivity contribution in [1.29, 1.82) is 0 Å². The molecule has 10 heteroatoms. The average molecular weight is 549 g/mol. The van der Waals surface area contributed by atoms with Crippen LogP contribution in [0.25, 0.3) is 11.0 Å². The van der Waals surface area contributed by atoms with Crippen molar-refractivity contribution in [2.45, 2.75) is 13.5 Å². The number of piperazine rings is 1. The van der Waals surface area contributed by atoms with Gasteiger partial charge in [-0.2, -0.15) is 5.10 Å². The van der Waals surface area contributed by atoms with Crippen LogP contribution in [-0.2, 0) is 13.6 Å². The second kappa shape index (κ2) is 12.0. The lowest BCUT2D eigenvalue weighted by Crippen LogP contribution is -2.52. The van der Waals surface area contributed by atoms with Crippen molar-refractivity contribution in [3.8, 4) is 0 Å². The fourth-order valence-corrected chi connectivity index (χ4v) is 3.82. The molecule has 1 aromatic carbocycles. The summed E-state index contributed by atoms with van der Waals surface area (Å²) in [7, 11) is 1.88. The Morgan fingerprint density at radius 2 is 1.88 bits per heavy atom. The Balaban J connectivity index is 0.00000289. The SMILES string of the molecule is CCNC(=NCCNc1ncnc2c1cnn2C)N1CCN(Cc2ccccc2)CC1.I. The largest absolute Gasteiger partial charge is 0.367 e. The molecule has 2 N–H and O–H groups in total. The maximum Gasteiger partial charge on any atom is 0.194 e. The van der Waals surface area contributed by atoms with Crippen LogP contribution in [0.1, 0.15) is 12.5 Å². The van der Waals surface area contributed by atoms with Crippen molar-refractivity contribution in [3.05, 3.63) is 48.4 Å². The molecule has 2 aromatic heterocycles. The van der Waals surface area contributed by atoms with Gasteiger partial charge in [0.15, 0.2) is 11.6 Å². The van der Waals surface area contributed by atoms with E-state index in [9.17, 15) is 0 Å². The van der Waals surface area contributed by atoms with E-state index in [-0.39, 0.29) is 24.0 Å². The first kappa shape index (κ1) is 24.2. The summed E-state index contributed by atoms with van der Waals surface area (Å²) in [6.45, 7) is 9.38. The lowest BCUT2D eigenvalue weighted by molar-refractivity contribution is 0.172. The molecule has 0 amide bonds. The molecule has 0 radical (unpaired) electrons. The lowest BCUT2D eigenvalue weighted by Gasteiger charge is -2.36. The van der Waals surface area contributed by atoms with Crippen LogP contribution >= 0.6 is 24.0 Å². The van der Waals surface area contributed by atoms with E-state index >= 15 is 0 Å². The molecule has 0 aliphatic carbocycles. The number of aryl methyl sites for hydroxylation is 1. The Morgan fingerprint density at radius 3 is 2.62 bits per heavy atom. The second-order valence-corrected chi connectivity index (χ2v) is 7.64. The van der Waals surface area contributed by atoms with Crippen molar-refractivity contribution in [3.63, 3.8) is 0 Å². The highest BCUT2D eigenvalue weighted by atomic mass is 127. The summed E-state index contributed by atoms with van der Waals surface area (Å²) in [6.07, 6.45) is 3.36. The van der Waals surface area contributed by atoms with E-state index < -0.39 is 0 Å². The van der Waals surface area contributed by atoms with Crippen LogP contribution in [0, 0.1) is 0 Å². The minimum atomic E-state index is 0. The number of aromatic nitrogens is 4. The quantitative estimate of drug-likeness (QED) is 0.202. The van der Waals surface area contributed by atoms with Crippen molar-refractivity contribution >= 4 is 46.8 Å². The topological polar surface area (TPSA) is 86.5 Å². The Hall–Kier alpha value is -2.47. The highest BCUT2D eigenvalue weighted by molar-refractivity contribution is 14.0. The second-order valence-electron chi connectivity index (χ2n) is 7.64. The first-order valence-electron chi connectivity index (χ1n) is 10.9. The number of nitrogens with one attached hydrogen (secondary N) is 2. The van der Waals surface area contributed by atoms with E-state index in [0.717, 1.165) is 62.1 Å². The van der Waals surface area contributed by atoms with E-state index in [1.807, 2.05) is 7.05 Å². The smallest absolute Gasteiger partial charge is 0.194 e. The third-order valence-electron chi connectivity index (χ3n) is 5.45. The Labute approximate surface area is 206 Å². The first-order valence-corrected chi connectivity index (χ1v) is 10.9.